The second-order valence-electron chi connectivity index (χ2n) is 7.59. The molecule has 3 aromatic rings. The van der Waals surface area contributed by atoms with Gasteiger partial charge >= 0.3 is 0 Å². The fourth-order valence-corrected chi connectivity index (χ4v) is 3.78. The molecule has 0 atom stereocenters. The average Bonchev–Trinajstić information content (AvgIpc) is 3.37. The maximum absolute atomic E-state index is 13.1. The zero-order chi connectivity index (χ0) is 20.4. The number of fused-ring (bicyclic) bond motifs is 1. The number of carbonyl (C=O) groups is 2. The van der Waals surface area contributed by atoms with Gasteiger partial charge in [0.15, 0.2) is 0 Å². The molecule has 1 saturated heterocycles. The molecule has 0 aliphatic carbocycles. The van der Waals surface area contributed by atoms with Crippen LogP contribution >= 0.6 is 0 Å². The molecule has 4 rings (SSSR count). The first-order valence-electron chi connectivity index (χ1n) is 9.96. The molecule has 0 radical (unpaired) electrons. The van der Waals surface area contributed by atoms with Crippen molar-refractivity contribution in [3.05, 3.63) is 77.1 Å². The molecular weight excluding hydrogens is 362 g/mol. The van der Waals surface area contributed by atoms with E-state index >= 15 is 0 Å². The van der Waals surface area contributed by atoms with E-state index in [1.165, 1.54) is 0 Å². The summed E-state index contributed by atoms with van der Waals surface area (Å²) in [5.41, 5.74) is 3.93. The lowest BCUT2D eigenvalue weighted by Gasteiger charge is -2.18. The lowest BCUT2D eigenvalue weighted by Crippen LogP contribution is -2.36. The number of aryl methyl sites for hydroxylation is 2. The minimum atomic E-state index is -0.274. The Hall–Kier alpha value is -3.34. The van der Waals surface area contributed by atoms with E-state index in [9.17, 15) is 9.59 Å². The molecule has 5 nitrogen and oxygen atoms in total. The monoisotopic (exact) mass is 387 g/mol. The maximum Gasteiger partial charge on any atom is 0.270 e. The second kappa shape index (κ2) is 7.95. The van der Waals surface area contributed by atoms with E-state index in [-0.39, 0.29) is 11.8 Å². The Morgan fingerprint density at radius 3 is 2.41 bits per heavy atom. The van der Waals surface area contributed by atoms with Gasteiger partial charge in [-0.3, -0.25) is 9.59 Å². The number of hydrogen-bond acceptors (Lipinski definition) is 2. The van der Waals surface area contributed by atoms with E-state index < -0.39 is 0 Å². The van der Waals surface area contributed by atoms with Gasteiger partial charge in [0.05, 0.1) is 0 Å². The van der Waals surface area contributed by atoms with Crippen molar-refractivity contribution in [1.29, 1.82) is 0 Å². The molecule has 1 aromatic heterocycles. The summed E-state index contributed by atoms with van der Waals surface area (Å²) in [5, 5.41) is 3.92. The van der Waals surface area contributed by atoms with Gasteiger partial charge in [0.2, 0.25) is 0 Å². The molecule has 0 saturated carbocycles. The van der Waals surface area contributed by atoms with Gasteiger partial charge in [-0.25, -0.2) is 0 Å². The van der Waals surface area contributed by atoms with Crippen LogP contribution in [0.15, 0.2) is 60.4 Å². The van der Waals surface area contributed by atoms with E-state index in [0.29, 0.717) is 11.3 Å². The Morgan fingerprint density at radius 1 is 1.00 bits per heavy atom. The zero-order valence-corrected chi connectivity index (χ0v) is 16.8. The van der Waals surface area contributed by atoms with Crippen LogP contribution in [-0.4, -0.2) is 34.4 Å². The summed E-state index contributed by atoms with van der Waals surface area (Å²) in [4.78, 5) is 27.8. The number of carbonyl (C=O) groups excluding carboxylic acids is 2. The van der Waals surface area contributed by atoms with Gasteiger partial charge in [0.25, 0.3) is 11.8 Å². The van der Waals surface area contributed by atoms with Gasteiger partial charge in [0, 0.05) is 48.4 Å². The molecule has 1 fully saturated rings. The Morgan fingerprint density at radius 2 is 1.69 bits per heavy atom. The molecule has 5 heteroatoms. The SMILES string of the molecule is Cc1ccc(C(=O)N/C(=C\c2cn(C)c3ccccc23)C(=O)N2CCCC2)cc1. The largest absolute Gasteiger partial charge is 0.350 e. The first-order chi connectivity index (χ1) is 14.0. The number of benzene rings is 2. The average molecular weight is 387 g/mol. The fraction of sp³-hybridized carbons (Fsp3) is 0.250. The number of amides is 2. The molecule has 0 bridgehead atoms. The summed E-state index contributed by atoms with van der Waals surface area (Å²) in [6, 6.07) is 15.4. The Bertz CT molecular complexity index is 1090. The lowest BCUT2D eigenvalue weighted by molar-refractivity contribution is -0.126. The van der Waals surface area contributed by atoms with E-state index in [4.69, 9.17) is 0 Å². The summed E-state index contributed by atoms with van der Waals surface area (Å²) in [6.45, 7) is 3.43. The number of rotatable bonds is 4. The van der Waals surface area contributed by atoms with Crippen molar-refractivity contribution in [2.24, 2.45) is 7.05 Å². The Kier molecular flexibility index (Phi) is 5.21. The smallest absolute Gasteiger partial charge is 0.270 e. The zero-order valence-electron chi connectivity index (χ0n) is 16.8. The first-order valence-corrected chi connectivity index (χ1v) is 9.96. The highest BCUT2D eigenvalue weighted by atomic mass is 16.2. The normalized spacial score (nSPS) is 14.4. The third-order valence-electron chi connectivity index (χ3n) is 5.41. The predicted molar refractivity (Wildman–Crippen MR) is 115 cm³/mol. The van der Waals surface area contributed by atoms with Crippen molar-refractivity contribution in [2.75, 3.05) is 13.1 Å². The van der Waals surface area contributed by atoms with E-state index in [1.54, 1.807) is 18.2 Å². The van der Waals surface area contributed by atoms with Crippen LogP contribution in [0, 0.1) is 6.92 Å². The number of nitrogens with one attached hydrogen (secondary N) is 1. The maximum atomic E-state index is 13.1. The van der Waals surface area contributed by atoms with Crippen LogP contribution < -0.4 is 5.32 Å². The number of aromatic nitrogens is 1. The molecule has 29 heavy (non-hydrogen) atoms. The van der Waals surface area contributed by atoms with Crippen molar-refractivity contribution >= 4 is 28.8 Å². The molecule has 1 aliphatic rings. The predicted octanol–water partition coefficient (Wildman–Crippen LogP) is 3.88. The van der Waals surface area contributed by atoms with E-state index in [1.807, 2.05) is 66.0 Å². The van der Waals surface area contributed by atoms with Crippen LogP contribution in [0.3, 0.4) is 0 Å². The Balaban J connectivity index is 1.71. The third kappa shape index (κ3) is 3.94. The minimum absolute atomic E-state index is 0.129. The minimum Gasteiger partial charge on any atom is -0.350 e. The summed E-state index contributed by atoms with van der Waals surface area (Å²) in [5.74, 6) is -0.403. The van der Waals surface area contributed by atoms with Crippen LogP contribution in [0.5, 0.6) is 0 Å². The molecule has 2 amide bonds. The highest BCUT2D eigenvalue weighted by Crippen LogP contribution is 2.23. The Labute approximate surface area is 170 Å². The van der Waals surface area contributed by atoms with Crippen molar-refractivity contribution in [2.45, 2.75) is 19.8 Å². The summed E-state index contributed by atoms with van der Waals surface area (Å²) in [6.07, 6.45) is 5.79. The molecule has 1 N–H and O–H groups in total. The topological polar surface area (TPSA) is 54.3 Å². The van der Waals surface area contributed by atoms with Crippen LogP contribution in [0.25, 0.3) is 17.0 Å². The van der Waals surface area contributed by atoms with Gasteiger partial charge < -0.3 is 14.8 Å². The third-order valence-corrected chi connectivity index (χ3v) is 5.41. The number of para-hydroxylation sites is 1. The molecule has 2 heterocycles. The highest BCUT2D eigenvalue weighted by Gasteiger charge is 2.23. The molecular formula is C24H25N3O2. The second-order valence-corrected chi connectivity index (χ2v) is 7.59. The standard InChI is InChI=1S/C24H25N3O2/c1-17-9-11-18(12-10-17)23(28)25-21(24(29)27-13-5-6-14-27)15-19-16-26(2)22-8-4-3-7-20(19)22/h3-4,7-12,15-16H,5-6,13-14H2,1-2H3,(H,25,28)/b21-15-. The molecule has 2 aromatic carbocycles. The van der Waals surface area contributed by atoms with E-state index in [0.717, 1.165) is 48.0 Å². The molecule has 0 spiro atoms. The van der Waals surface area contributed by atoms with Crippen LogP contribution in [0.2, 0.25) is 0 Å². The highest BCUT2D eigenvalue weighted by molar-refractivity contribution is 6.06. The van der Waals surface area contributed by atoms with Gasteiger partial charge in [-0.05, 0) is 44.0 Å². The molecule has 148 valence electrons. The number of likely N-dealkylation sites (tertiary alicyclic amines) is 1. The fourth-order valence-electron chi connectivity index (χ4n) is 3.78. The van der Waals surface area contributed by atoms with E-state index in [2.05, 4.69) is 5.32 Å². The molecule has 0 unspecified atom stereocenters. The van der Waals surface area contributed by atoms with Crippen LogP contribution in [0.1, 0.15) is 34.3 Å². The van der Waals surface area contributed by atoms with Gasteiger partial charge in [-0.2, -0.15) is 0 Å². The van der Waals surface area contributed by atoms with Crippen molar-refractivity contribution in [3.8, 4) is 0 Å². The summed E-state index contributed by atoms with van der Waals surface area (Å²) in [7, 11) is 1.98. The number of hydrogen-bond donors (Lipinski definition) is 1. The van der Waals surface area contributed by atoms with Crippen molar-refractivity contribution < 1.29 is 9.59 Å². The van der Waals surface area contributed by atoms with Crippen molar-refractivity contribution in [3.63, 3.8) is 0 Å². The number of nitrogens with zero attached hydrogens (tertiary/aromatic N) is 2. The van der Waals surface area contributed by atoms with Crippen molar-refractivity contribution in [1.82, 2.24) is 14.8 Å². The van der Waals surface area contributed by atoms with Crippen LogP contribution in [0.4, 0.5) is 0 Å². The first kappa shape index (κ1) is 19.0. The van der Waals surface area contributed by atoms with Gasteiger partial charge in [-0.1, -0.05) is 35.9 Å². The summed E-state index contributed by atoms with van der Waals surface area (Å²) < 4.78 is 2.03. The molecule has 1 aliphatic heterocycles. The van der Waals surface area contributed by atoms with Gasteiger partial charge in [-0.15, -0.1) is 0 Å². The quantitative estimate of drug-likeness (QED) is 0.691. The van der Waals surface area contributed by atoms with Gasteiger partial charge in [0.1, 0.15) is 5.70 Å². The lowest BCUT2D eigenvalue weighted by atomic mass is 10.1. The summed E-state index contributed by atoms with van der Waals surface area (Å²) >= 11 is 0. The van der Waals surface area contributed by atoms with Crippen LogP contribution in [-0.2, 0) is 11.8 Å².